The van der Waals surface area contributed by atoms with Gasteiger partial charge in [-0.15, -0.1) is 35.3 Å². The highest BCUT2D eigenvalue weighted by Crippen LogP contribution is 2.24. The van der Waals surface area contributed by atoms with Crippen molar-refractivity contribution in [1.82, 2.24) is 20.5 Å². The van der Waals surface area contributed by atoms with E-state index < -0.39 is 0 Å². The Labute approximate surface area is 178 Å². The molecule has 0 atom stereocenters. The van der Waals surface area contributed by atoms with Crippen LogP contribution in [0.25, 0.3) is 0 Å². The van der Waals surface area contributed by atoms with Crippen LogP contribution < -0.4 is 15.5 Å². The number of aliphatic imine (C=N–C) groups is 1. The van der Waals surface area contributed by atoms with Gasteiger partial charge in [-0.05, 0) is 38.8 Å². The number of aromatic nitrogens is 1. The number of nitrogens with zero attached hydrogens (tertiary/aromatic N) is 4. The molecule has 26 heavy (non-hydrogen) atoms. The lowest BCUT2D eigenvalue weighted by molar-refractivity contribution is 0.232. The summed E-state index contributed by atoms with van der Waals surface area (Å²) in [6.07, 6.45) is 7.63. The topological polar surface area (TPSA) is 55.8 Å². The molecule has 0 spiro atoms. The molecule has 6 nitrogen and oxygen atoms in total. The van der Waals surface area contributed by atoms with E-state index in [2.05, 4.69) is 30.8 Å². The van der Waals surface area contributed by atoms with Crippen LogP contribution in [0.4, 0.5) is 5.13 Å². The molecule has 0 radical (unpaired) electrons. The van der Waals surface area contributed by atoms with Crippen molar-refractivity contribution in [3.05, 3.63) is 11.1 Å². The average molecular weight is 492 g/mol. The molecule has 3 heterocycles. The Kier molecular flexibility index (Phi) is 9.98. The van der Waals surface area contributed by atoms with Crippen molar-refractivity contribution in [1.29, 1.82) is 0 Å². The van der Waals surface area contributed by atoms with Crippen LogP contribution in [0.2, 0.25) is 0 Å². The fourth-order valence-corrected chi connectivity index (χ4v) is 4.42. The summed E-state index contributed by atoms with van der Waals surface area (Å²) in [7, 11) is 1.84. The van der Waals surface area contributed by atoms with E-state index in [-0.39, 0.29) is 24.0 Å². The standard InChI is InChI=1S/C18H32N6S.HI/c1-19-17(21-9-14-23-10-3-2-4-11-23)20-8-7-16-15-25-18(22-16)24-12-5-6-13-24;/h15H,2-14H2,1H3,(H2,19,20,21);1H. The van der Waals surface area contributed by atoms with Crippen LogP contribution in [0.5, 0.6) is 0 Å². The number of piperidine rings is 1. The lowest BCUT2D eigenvalue weighted by Crippen LogP contribution is -2.43. The van der Waals surface area contributed by atoms with E-state index in [1.54, 1.807) is 11.3 Å². The third-order valence-corrected chi connectivity index (χ3v) is 5.93. The predicted molar refractivity (Wildman–Crippen MR) is 122 cm³/mol. The summed E-state index contributed by atoms with van der Waals surface area (Å²) >= 11 is 1.78. The largest absolute Gasteiger partial charge is 0.356 e. The molecular weight excluding hydrogens is 459 g/mol. The van der Waals surface area contributed by atoms with Gasteiger partial charge >= 0.3 is 0 Å². The minimum atomic E-state index is 0. The number of rotatable bonds is 7. The molecule has 2 saturated heterocycles. The number of hydrogen-bond acceptors (Lipinski definition) is 5. The molecule has 0 saturated carbocycles. The molecule has 0 aliphatic carbocycles. The highest BCUT2D eigenvalue weighted by Gasteiger charge is 2.15. The number of nitrogens with one attached hydrogen (secondary N) is 2. The Hall–Kier alpha value is -0.610. The van der Waals surface area contributed by atoms with Crippen molar-refractivity contribution in [3.8, 4) is 0 Å². The van der Waals surface area contributed by atoms with E-state index in [4.69, 9.17) is 4.98 Å². The first-order valence-corrected chi connectivity index (χ1v) is 10.6. The molecular formula is C18H33IN6S. The average Bonchev–Trinajstić information content (AvgIpc) is 3.33. The van der Waals surface area contributed by atoms with Gasteiger partial charge < -0.3 is 20.4 Å². The van der Waals surface area contributed by atoms with Crippen molar-refractivity contribution in [3.63, 3.8) is 0 Å². The zero-order chi connectivity index (χ0) is 17.3. The molecule has 1 aromatic heterocycles. The first kappa shape index (κ1) is 21.7. The van der Waals surface area contributed by atoms with Crippen LogP contribution in [-0.4, -0.2) is 68.7 Å². The van der Waals surface area contributed by atoms with Gasteiger partial charge in [-0.25, -0.2) is 4.98 Å². The third kappa shape index (κ3) is 6.84. The fraction of sp³-hybridized carbons (Fsp3) is 0.778. The second-order valence-corrected chi connectivity index (χ2v) is 7.73. The Morgan fingerprint density at radius 1 is 1.08 bits per heavy atom. The molecule has 2 fully saturated rings. The van der Waals surface area contributed by atoms with Gasteiger partial charge in [-0.1, -0.05) is 6.42 Å². The van der Waals surface area contributed by atoms with E-state index in [1.165, 1.54) is 69.1 Å². The molecule has 8 heteroatoms. The lowest BCUT2D eigenvalue weighted by Gasteiger charge is -2.26. The molecule has 3 rings (SSSR count). The maximum Gasteiger partial charge on any atom is 0.191 e. The van der Waals surface area contributed by atoms with Gasteiger partial charge in [0, 0.05) is 51.6 Å². The van der Waals surface area contributed by atoms with Crippen LogP contribution in [0, 0.1) is 0 Å². The Morgan fingerprint density at radius 2 is 1.77 bits per heavy atom. The fourth-order valence-electron chi connectivity index (χ4n) is 3.51. The SMILES string of the molecule is CN=C(NCCc1csc(N2CCCC2)n1)NCCN1CCCCC1.I. The Balaban J connectivity index is 0.00000243. The smallest absolute Gasteiger partial charge is 0.191 e. The van der Waals surface area contributed by atoms with Gasteiger partial charge in [0.2, 0.25) is 0 Å². The minimum absolute atomic E-state index is 0. The van der Waals surface area contributed by atoms with Crippen molar-refractivity contribution in [2.45, 2.75) is 38.5 Å². The predicted octanol–water partition coefficient (Wildman–Crippen LogP) is 2.55. The zero-order valence-corrected chi connectivity index (χ0v) is 19.0. The number of halogens is 1. The molecule has 2 aliphatic rings. The first-order valence-electron chi connectivity index (χ1n) is 9.71. The van der Waals surface area contributed by atoms with Crippen molar-refractivity contribution in [2.24, 2.45) is 4.99 Å². The maximum absolute atomic E-state index is 4.78. The molecule has 1 aromatic rings. The number of thiazole rings is 1. The number of guanidine groups is 1. The quantitative estimate of drug-likeness (QED) is 0.348. The summed E-state index contributed by atoms with van der Waals surface area (Å²) in [5.41, 5.74) is 1.18. The van der Waals surface area contributed by atoms with Gasteiger partial charge in [-0.3, -0.25) is 4.99 Å². The minimum Gasteiger partial charge on any atom is -0.356 e. The Morgan fingerprint density at radius 3 is 2.50 bits per heavy atom. The molecule has 0 amide bonds. The van der Waals surface area contributed by atoms with Gasteiger partial charge in [0.25, 0.3) is 0 Å². The third-order valence-electron chi connectivity index (χ3n) is 4.98. The lowest BCUT2D eigenvalue weighted by atomic mass is 10.1. The number of hydrogen-bond donors (Lipinski definition) is 2. The van der Waals surface area contributed by atoms with Gasteiger partial charge in [0.15, 0.2) is 11.1 Å². The second-order valence-electron chi connectivity index (χ2n) is 6.89. The molecule has 0 unspecified atom stereocenters. The van der Waals surface area contributed by atoms with Crippen LogP contribution in [-0.2, 0) is 6.42 Å². The Bertz CT molecular complexity index is 538. The van der Waals surface area contributed by atoms with Crippen molar-refractivity contribution < 1.29 is 0 Å². The molecule has 148 valence electrons. The zero-order valence-electron chi connectivity index (χ0n) is 15.9. The summed E-state index contributed by atoms with van der Waals surface area (Å²) in [6, 6.07) is 0. The van der Waals surface area contributed by atoms with E-state index in [0.29, 0.717) is 0 Å². The summed E-state index contributed by atoms with van der Waals surface area (Å²) in [5.74, 6) is 0.895. The van der Waals surface area contributed by atoms with Gasteiger partial charge in [0.05, 0.1) is 5.69 Å². The van der Waals surface area contributed by atoms with Crippen LogP contribution in [0.15, 0.2) is 10.4 Å². The van der Waals surface area contributed by atoms with Crippen molar-refractivity contribution >= 4 is 46.4 Å². The maximum atomic E-state index is 4.78. The molecule has 2 aliphatic heterocycles. The van der Waals surface area contributed by atoms with Crippen molar-refractivity contribution in [2.75, 3.05) is 57.8 Å². The highest BCUT2D eigenvalue weighted by molar-refractivity contribution is 14.0. The number of likely N-dealkylation sites (tertiary alicyclic amines) is 1. The van der Waals surface area contributed by atoms with E-state index >= 15 is 0 Å². The summed E-state index contributed by atoms with van der Waals surface area (Å²) < 4.78 is 0. The molecule has 0 bridgehead atoms. The summed E-state index contributed by atoms with van der Waals surface area (Å²) in [6.45, 7) is 7.75. The normalized spacial score (nSPS) is 18.7. The van der Waals surface area contributed by atoms with Crippen LogP contribution in [0.1, 0.15) is 37.8 Å². The summed E-state index contributed by atoms with van der Waals surface area (Å²) in [5, 5.41) is 10.2. The van der Waals surface area contributed by atoms with Gasteiger partial charge in [-0.2, -0.15) is 0 Å². The highest BCUT2D eigenvalue weighted by atomic mass is 127. The number of anilines is 1. The molecule has 2 N–H and O–H groups in total. The van der Waals surface area contributed by atoms with E-state index in [9.17, 15) is 0 Å². The van der Waals surface area contributed by atoms with Gasteiger partial charge in [0.1, 0.15) is 0 Å². The second kappa shape index (κ2) is 12.0. The first-order chi connectivity index (χ1) is 12.3. The van der Waals surface area contributed by atoms with E-state index in [1.807, 2.05) is 7.05 Å². The monoisotopic (exact) mass is 492 g/mol. The molecule has 0 aromatic carbocycles. The summed E-state index contributed by atoms with van der Waals surface area (Å²) in [4.78, 5) is 14.0. The van der Waals surface area contributed by atoms with Crippen LogP contribution >= 0.6 is 35.3 Å². The van der Waals surface area contributed by atoms with Crippen LogP contribution in [0.3, 0.4) is 0 Å². The van der Waals surface area contributed by atoms with E-state index in [0.717, 1.165) is 32.0 Å².